The van der Waals surface area contributed by atoms with Gasteiger partial charge in [-0.1, -0.05) is 6.08 Å². The van der Waals surface area contributed by atoms with Crippen LogP contribution in [0, 0.1) is 0 Å². The van der Waals surface area contributed by atoms with Crippen LogP contribution in [0.15, 0.2) is 21.6 Å². The minimum atomic E-state index is -0.269. The van der Waals surface area contributed by atoms with E-state index < -0.39 is 0 Å². The molecule has 0 atom stereocenters. The fourth-order valence-electron chi connectivity index (χ4n) is 0.931. The molecule has 0 radical (unpaired) electrons. The molecule has 0 saturated carbocycles. The molecule has 0 aromatic carbocycles. The van der Waals surface area contributed by atoms with Crippen LogP contribution in [-0.4, -0.2) is 4.57 Å². The first-order valence-corrected chi connectivity index (χ1v) is 2.73. The van der Waals surface area contributed by atoms with E-state index in [1.807, 2.05) is 12.2 Å². The van der Waals surface area contributed by atoms with Crippen molar-refractivity contribution in [2.24, 2.45) is 0 Å². The predicted molar refractivity (Wildman–Crippen MR) is 32.0 cm³/mol. The van der Waals surface area contributed by atoms with Crippen molar-refractivity contribution in [3.05, 3.63) is 28.6 Å². The number of hydrogen-bond donors (Lipinski definition) is 0. The second-order valence-electron chi connectivity index (χ2n) is 1.94. The Morgan fingerprint density at radius 1 is 1.67 bits per heavy atom. The molecular formula is C6H5NO2. The van der Waals surface area contributed by atoms with Crippen molar-refractivity contribution < 1.29 is 4.42 Å². The highest BCUT2D eigenvalue weighted by Crippen LogP contribution is 2.06. The zero-order valence-electron chi connectivity index (χ0n) is 4.70. The largest absolute Gasteiger partial charge is 0.419 e. The minimum Gasteiger partial charge on any atom is -0.416 e. The van der Waals surface area contributed by atoms with Crippen LogP contribution in [0.25, 0.3) is 6.08 Å². The lowest BCUT2D eigenvalue weighted by Gasteiger charge is -1.85. The summed E-state index contributed by atoms with van der Waals surface area (Å²) < 4.78 is 6.16. The highest BCUT2D eigenvalue weighted by Gasteiger charge is 2.07. The van der Waals surface area contributed by atoms with E-state index in [-0.39, 0.29) is 5.76 Å². The standard InChI is InChI=1S/C6H5NO2/c8-6-7-3-1-2-5(7)4-9-6/h1-2,4H,3H2. The first kappa shape index (κ1) is 4.61. The van der Waals surface area contributed by atoms with Crippen molar-refractivity contribution in [3.8, 4) is 0 Å². The molecule has 0 spiro atoms. The van der Waals surface area contributed by atoms with Crippen molar-refractivity contribution in [2.45, 2.75) is 6.54 Å². The van der Waals surface area contributed by atoms with Gasteiger partial charge in [-0.3, -0.25) is 4.57 Å². The van der Waals surface area contributed by atoms with Crippen molar-refractivity contribution in [1.82, 2.24) is 4.57 Å². The molecule has 3 heteroatoms. The first-order chi connectivity index (χ1) is 4.38. The Labute approximate surface area is 51.2 Å². The average Bonchev–Trinajstić information content (AvgIpc) is 2.35. The molecule has 1 aliphatic heterocycles. The highest BCUT2D eigenvalue weighted by atomic mass is 16.4. The van der Waals surface area contributed by atoms with E-state index in [0.29, 0.717) is 6.54 Å². The predicted octanol–water partition coefficient (Wildman–Crippen LogP) is 0.468. The number of nitrogens with zero attached hydrogens (tertiary/aromatic N) is 1. The fraction of sp³-hybridized carbons (Fsp3) is 0.167. The molecule has 0 unspecified atom stereocenters. The van der Waals surface area contributed by atoms with Gasteiger partial charge < -0.3 is 4.42 Å². The van der Waals surface area contributed by atoms with Gasteiger partial charge in [-0.2, -0.15) is 0 Å². The van der Waals surface area contributed by atoms with Gasteiger partial charge in [0.05, 0.1) is 5.69 Å². The van der Waals surface area contributed by atoms with E-state index in [2.05, 4.69) is 4.42 Å². The molecule has 0 saturated heterocycles. The van der Waals surface area contributed by atoms with Crippen LogP contribution in [0.1, 0.15) is 5.69 Å². The van der Waals surface area contributed by atoms with Gasteiger partial charge in [0.2, 0.25) is 0 Å². The van der Waals surface area contributed by atoms with Crippen LogP contribution < -0.4 is 5.76 Å². The number of hydrogen-bond acceptors (Lipinski definition) is 2. The van der Waals surface area contributed by atoms with Gasteiger partial charge in [0.1, 0.15) is 6.26 Å². The molecule has 2 heterocycles. The van der Waals surface area contributed by atoms with Crippen LogP contribution in [0.5, 0.6) is 0 Å². The topological polar surface area (TPSA) is 35.1 Å². The summed E-state index contributed by atoms with van der Waals surface area (Å²) in [6.45, 7) is 0.657. The maximum absolute atomic E-state index is 10.7. The Balaban J connectivity index is 2.79. The maximum Gasteiger partial charge on any atom is 0.419 e. The molecule has 0 aliphatic carbocycles. The zero-order valence-corrected chi connectivity index (χ0v) is 4.70. The van der Waals surface area contributed by atoms with E-state index >= 15 is 0 Å². The summed E-state index contributed by atoms with van der Waals surface area (Å²) in [7, 11) is 0. The van der Waals surface area contributed by atoms with E-state index in [4.69, 9.17) is 0 Å². The molecular weight excluding hydrogens is 118 g/mol. The molecule has 1 aromatic heterocycles. The van der Waals surface area contributed by atoms with Crippen LogP contribution in [0.4, 0.5) is 0 Å². The molecule has 0 fully saturated rings. The highest BCUT2D eigenvalue weighted by molar-refractivity contribution is 5.46. The van der Waals surface area contributed by atoms with Crippen molar-refractivity contribution in [3.63, 3.8) is 0 Å². The smallest absolute Gasteiger partial charge is 0.416 e. The molecule has 0 amide bonds. The lowest BCUT2D eigenvalue weighted by atomic mass is 10.5. The number of fused-ring (bicyclic) bond motifs is 1. The molecule has 9 heavy (non-hydrogen) atoms. The molecule has 2 rings (SSSR count). The summed E-state index contributed by atoms with van der Waals surface area (Å²) in [4.78, 5) is 10.7. The second kappa shape index (κ2) is 1.37. The summed E-state index contributed by atoms with van der Waals surface area (Å²) in [6.07, 6.45) is 5.25. The summed E-state index contributed by atoms with van der Waals surface area (Å²) in [5, 5.41) is 0. The van der Waals surface area contributed by atoms with Crippen molar-refractivity contribution in [2.75, 3.05) is 0 Å². The quantitative estimate of drug-likeness (QED) is 0.502. The van der Waals surface area contributed by atoms with Crippen LogP contribution in [-0.2, 0) is 6.54 Å². The molecule has 0 bridgehead atoms. The number of rotatable bonds is 0. The lowest BCUT2D eigenvalue weighted by Crippen LogP contribution is -2.11. The van der Waals surface area contributed by atoms with Crippen LogP contribution in [0.3, 0.4) is 0 Å². The van der Waals surface area contributed by atoms with E-state index in [1.54, 1.807) is 4.57 Å². The normalized spacial score (nSPS) is 14.2. The molecule has 1 aliphatic rings. The first-order valence-electron chi connectivity index (χ1n) is 2.73. The van der Waals surface area contributed by atoms with Gasteiger partial charge in [0, 0.05) is 6.54 Å². The monoisotopic (exact) mass is 123 g/mol. The number of oxazole rings is 1. The van der Waals surface area contributed by atoms with Crippen LogP contribution in [0.2, 0.25) is 0 Å². The Kier molecular flexibility index (Phi) is 0.704. The lowest BCUT2D eigenvalue weighted by molar-refractivity contribution is 0.489. The Hall–Kier alpha value is -1.25. The van der Waals surface area contributed by atoms with Crippen molar-refractivity contribution >= 4 is 6.08 Å². The van der Waals surface area contributed by atoms with Gasteiger partial charge >= 0.3 is 5.76 Å². The van der Waals surface area contributed by atoms with E-state index in [9.17, 15) is 4.79 Å². The Bertz CT molecular complexity index is 305. The SMILES string of the molecule is O=c1occ2n1CC=C2. The fourth-order valence-corrected chi connectivity index (χ4v) is 0.931. The third-order valence-electron chi connectivity index (χ3n) is 1.39. The number of aromatic nitrogens is 1. The van der Waals surface area contributed by atoms with Gasteiger partial charge in [-0.25, -0.2) is 4.79 Å². The van der Waals surface area contributed by atoms with Gasteiger partial charge in [-0.05, 0) is 6.08 Å². The molecule has 46 valence electrons. The third-order valence-corrected chi connectivity index (χ3v) is 1.39. The van der Waals surface area contributed by atoms with Gasteiger partial charge in [0.15, 0.2) is 0 Å². The zero-order chi connectivity index (χ0) is 6.27. The Morgan fingerprint density at radius 3 is 3.33 bits per heavy atom. The summed E-state index contributed by atoms with van der Waals surface area (Å²) in [5.41, 5.74) is 0.861. The van der Waals surface area contributed by atoms with E-state index in [1.165, 1.54) is 6.26 Å². The van der Waals surface area contributed by atoms with Gasteiger partial charge in [-0.15, -0.1) is 0 Å². The average molecular weight is 123 g/mol. The van der Waals surface area contributed by atoms with Gasteiger partial charge in [0.25, 0.3) is 0 Å². The second-order valence-corrected chi connectivity index (χ2v) is 1.94. The molecule has 1 aromatic rings. The summed E-state index contributed by atoms with van der Waals surface area (Å²) in [5.74, 6) is -0.269. The molecule has 0 N–H and O–H groups in total. The van der Waals surface area contributed by atoms with Crippen molar-refractivity contribution in [1.29, 1.82) is 0 Å². The Morgan fingerprint density at radius 2 is 2.56 bits per heavy atom. The summed E-state index contributed by atoms with van der Waals surface area (Å²) >= 11 is 0. The minimum absolute atomic E-state index is 0.269. The van der Waals surface area contributed by atoms with E-state index in [0.717, 1.165) is 5.69 Å². The van der Waals surface area contributed by atoms with Crippen LogP contribution >= 0.6 is 0 Å². The maximum atomic E-state index is 10.7. The number of allylic oxidation sites excluding steroid dienone is 1. The summed E-state index contributed by atoms with van der Waals surface area (Å²) in [6, 6.07) is 0. The third kappa shape index (κ3) is 0.483. The molecule has 3 nitrogen and oxygen atoms in total.